The van der Waals surface area contributed by atoms with Crippen molar-refractivity contribution in [3.63, 3.8) is 0 Å². The minimum atomic E-state index is -4.74. The third-order valence-electron chi connectivity index (χ3n) is 8.80. The number of alkyl halides is 6. The number of carboxylic acids is 1. The van der Waals surface area contributed by atoms with Crippen LogP contribution in [0, 0.1) is 0 Å². The zero-order chi connectivity index (χ0) is 45.7. The fraction of sp³-hybridized carbons (Fsp3) is 0.189. The van der Waals surface area contributed by atoms with Gasteiger partial charge in [0.25, 0.3) is 5.91 Å². The van der Waals surface area contributed by atoms with Crippen molar-refractivity contribution in [2.45, 2.75) is 31.9 Å². The molecule has 0 radical (unpaired) electrons. The van der Waals surface area contributed by atoms with Gasteiger partial charge in [-0.15, -0.1) is 22.7 Å². The Balaban J connectivity index is 0.000000178. The summed E-state index contributed by atoms with van der Waals surface area (Å²) in [5.74, 6) is -3.68. The smallest absolute Gasteiger partial charge is 0.471 e. The highest BCUT2D eigenvalue weighted by Gasteiger charge is 2.40. The molecule has 1 aliphatic rings. The lowest BCUT2D eigenvalue weighted by Gasteiger charge is -2.32. The fourth-order valence-electron chi connectivity index (χ4n) is 5.77. The molecule has 1 amide bonds. The Hall–Kier alpha value is -7.88. The molecule has 8 aromatic rings. The van der Waals surface area contributed by atoms with Gasteiger partial charge < -0.3 is 28.9 Å². The van der Waals surface area contributed by atoms with Crippen LogP contribution in [0.25, 0.3) is 21.4 Å². The van der Waals surface area contributed by atoms with Crippen molar-refractivity contribution < 1.29 is 50.1 Å². The van der Waals surface area contributed by atoms with E-state index in [4.69, 9.17) is 0 Å². The summed E-state index contributed by atoms with van der Waals surface area (Å²) in [6, 6.07) is 6.50. The van der Waals surface area contributed by atoms with Crippen molar-refractivity contribution in [1.82, 2.24) is 65.1 Å². The van der Waals surface area contributed by atoms with E-state index in [1.165, 1.54) is 84.3 Å². The Morgan fingerprint density at radius 3 is 1.48 bits per heavy atom. The van der Waals surface area contributed by atoms with Crippen LogP contribution in [0.3, 0.4) is 0 Å². The summed E-state index contributed by atoms with van der Waals surface area (Å²) in [6.07, 6.45) is 5.82. The van der Waals surface area contributed by atoms with Gasteiger partial charge in [-0.05, 0) is 30.7 Å². The predicted octanol–water partition coefficient (Wildman–Crippen LogP) is 7.01. The van der Waals surface area contributed by atoms with E-state index in [0.29, 0.717) is 45.2 Å². The van der Waals surface area contributed by atoms with Gasteiger partial charge in [0.05, 0.1) is 35.2 Å². The lowest BCUT2D eigenvalue weighted by molar-refractivity contribution is -0.160. The minimum Gasteiger partial charge on any atom is -0.476 e. The van der Waals surface area contributed by atoms with Gasteiger partial charge in [-0.1, -0.05) is 10.3 Å². The average Bonchev–Trinajstić information content (AvgIpc) is 4.12. The molecule has 9 rings (SSSR count). The summed E-state index contributed by atoms with van der Waals surface area (Å²) >= 11 is 2.28. The van der Waals surface area contributed by atoms with Crippen LogP contribution in [0.4, 0.5) is 49.6 Å². The molecule has 8 aromatic heterocycles. The number of amides is 1. The van der Waals surface area contributed by atoms with Crippen LogP contribution in [-0.4, -0.2) is 95.1 Å². The zero-order valence-electron chi connectivity index (χ0n) is 32.5. The Morgan fingerprint density at radius 1 is 0.631 bits per heavy atom. The minimum absolute atomic E-state index is 0.0318. The molecule has 0 bridgehead atoms. The monoisotopic (exact) mass is 937 g/mol. The number of rotatable bonds is 12. The van der Waals surface area contributed by atoms with Gasteiger partial charge in [0.2, 0.25) is 11.6 Å². The van der Waals surface area contributed by atoms with E-state index in [-0.39, 0.29) is 47.9 Å². The molecule has 1 aliphatic heterocycles. The molecule has 1 fully saturated rings. The highest BCUT2D eigenvalue weighted by atomic mass is 32.1. The van der Waals surface area contributed by atoms with Crippen LogP contribution in [0.5, 0.6) is 0 Å². The van der Waals surface area contributed by atoms with Gasteiger partial charge in [-0.2, -0.15) is 36.3 Å². The number of aromatic carboxylic acids is 1. The largest absolute Gasteiger partial charge is 0.476 e. The standard InChI is InChI=1S/C20H15F3N8O2S.C17H10F3N7O3S/c21-20(22,23)19-28-16(29-33-19)13-3-2-12(34-13)11-31(14-10-24-4-5-25-14)17-15(26-6-7-27-17)18(32)30-8-1-9-30;18-17(19,20)16-25-13(26-30-16)10-2-1-9(31-10)8-27(11-7-21-3-4-22-11)14-12(15(28)29)23-5-6-24-14/h2-7,10H,1,8-9,11H2;1-7H,8H2,(H,28,29). The number of carboxylic acid groups (broad SMARTS) is 1. The van der Waals surface area contributed by atoms with Gasteiger partial charge in [0.15, 0.2) is 34.7 Å². The van der Waals surface area contributed by atoms with Crippen LogP contribution in [0.2, 0.25) is 0 Å². The second kappa shape index (κ2) is 18.5. The zero-order valence-corrected chi connectivity index (χ0v) is 34.1. The van der Waals surface area contributed by atoms with E-state index in [9.17, 15) is 41.0 Å². The molecule has 332 valence electrons. The van der Waals surface area contributed by atoms with Crippen LogP contribution >= 0.6 is 22.7 Å². The molecule has 9 heterocycles. The number of carbonyl (C=O) groups is 2. The molecule has 28 heteroatoms. The topological polar surface area (TPSA) is 245 Å². The maximum Gasteiger partial charge on any atom is 0.471 e. The Labute approximate surface area is 367 Å². The number of likely N-dealkylation sites (tertiary alicyclic amines) is 1. The average molecular weight is 938 g/mol. The molecule has 0 unspecified atom stereocenters. The third-order valence-corrected chi connectivity index (χ3v) is 10.9. The van der Waals surface area contributed by atoms with Gasteiger partial charge in [0, 0.05) is 72.4 Å². The Morgan fingerprint density at radius 2 is 1.08 bits per heavy atom. The number of aromatic nitrogens is 12. The SMILES string of the molecule is O=C(O)c1nccnc1N(Cc1ccc(-c2noc(C(F)(F)F)n2)s1)c1cnccn1.O=C(c1nccnc1N(Cc1ccc(-c2noc(C(F)(F)F)n2)s1)c1cnccn1)N1CCC1. The molecule has 20 nitrogen and oxygen atoms in total. The molecule has 0 saturated carbocycles. The van der Waals surface area contributed by atoms with Crippen molar-refractivity contribution >= 4 is 57.8 Å². The maximum atomic E-state index is 13.0. The first-order valence-electron chi connectivity index (χ1n) is 18.4. The number of thiophene rings is 2. The van der Waals surface area contributed by atoms with Crippen LogP contribution in [0.1, 0.15) is 48.9 Å². The molecular formula is C37H25F6N15O5S2. The van der Waals surface area contributed by atoms with E-state index in [1.807, 2.05) is 0 Å². The normalized spacial score (nSPS) is 12.6. The van der Waals surface area contributed by atoms with Gasteiger partial charge in [0.1, 0.15) is 0 Å². The third kappa shape index (κ3) is 10.0. The van der Waals surface area contributed by atoms with Crippen molar-refractivity contribution in [3.8, 4) is 21.4 Å². The summed E-state index contributed by atoms with van der Waals surface area (Å²) in [7, 11) is 0. The Kier molecular flexibility index (Phi) is 12.4. The summed E-state index contributed by atoms with van der Waals surface area (Å²) in [5.41, 5.74) is -0.115. The van der Waals surface area contributed by atoms with Gasteiger partial charge in [-0.3, -0.25) is 14.8 Å². The number of halogens is 6. The summed E-state index contributed by atoms with van der Waals surface area (Å²) in [4.78, 5) is 71.6. The van der Waals surface area contributed by atoms with E-state index in [2.05, 4.69) is 69.2 Å². The summed E-state index contributed by atoms with van der Waals surface area (Å²) in [6.45, 7) is 1.59. The molecule has 1 N–H and O–H groups in total. The van der Waals surface area contributed by atoms with Crippen LogP contribution < -0.4 is 9.80 Å². The highest BCUT2D eigenvalue weighted by Crippen LogP contribution is 2.36. The quantitative estimate of drug-likeness (QED) is 0.121. The number of nitrogens with zero attached hydrogens (tertiary/aromatic N) is 15. The molecule has 0 aromatic carbocycles. The molecule has 0 aliphatic carbocycles. The van der Waals surface area contributed by atoms with Crippen LogP contribution in [0.15, 0.2) is 95.3 Å². The van der Waals surface area contributed by atoms with E-state index >= 15 is 0 Å². The number of anilines is 4. The second-order valence-corrected chi connectivity index (χ2v) is 15.4. The molecule has 0 spiro atoms. The van der Waals surface area contributed by atoms with Gasteiger partial charge in [-0.25, -0.2) is 34.7 Å². The Bertz CT molecular complexity index is 2910. The number of hydrogen-bond donors (Lipinski definition) is 1. The van der Waals surface area contributed by atoms with Crippen molar-refractivity contribution in [2.75, 3.05) is 22.9 Å². The molecular weight excluding hydrogens is 913 g/mol. The predicted molar refractivity (Wildman–Crippen MR) is 213 cm³/mol. The van der Waals surface area contributed by atoms with Gasteiger partial charge >= 0.3 is 30.1 Å². The number of hydrogen-bond acceptors (Lipinski definition) is 20. The molecule has 65 heavy (non-hydrogen) atoms. The van der Waals surface area contributed by atoms with Crippen molar-refractivity contribution in [2.24, 2.45) is 0 Å². The first-order chi connectivity index (χ1) is 31.2. The first kappa shape index (κ1) is 43.8. The lowest BCUT2D eigenvalue weighted by Crippen LogP contribution is -2.43. The fourth-order valence-corrected chi connectivity index (χ4v) is 7.62. The van der Waals surface area contributed by atoms with E-state index in [1.54, 1.807) is 28.0 Å². The van der Waals surface area contributed by atoms with Crippen molar-refractivity contribution in [3.05, 3.63) is 119 Å². The van der Waals surface area contributed by atoms with E-state index in [0.717, 1.165) is 22.6 Å². The number of carbonyl (C=O) groups excluding carboxylic acids is 1. The highest BCUT2D eigenvalue weighted by molar-refractivity contribution is 7.15. The summed E-state index contributed by atoms with van der Waals surface area (Å²) in [5, 5.41) is 16.3. The molecule has 0 atom stereocenters. The second-order valence-electron chi connectivity index (χ2n) is 13.1. The van der Waals surface area contributed by atoms with Crippen LogP contribution in [-0.2, 0) is 25.4 Å². The molecule has 1 saturated heterocycles. The summed E-state index contributed by atoms with van der Waals surface area (Å²) < 4.78 is 85.1. The first-order valence-corrected chi connectivity index (χ1v) is 20.1. The van der Waals surface area contributed by atoms with E-state index < -0.39 is 30.1 Å². The maximum absolute atomic E-state index is 13.0. The lowest BCUT2D eigenvalue weighted by atomic mass is 10.2. The van der Waals surface area contributed by atoms with Crippen molar-refractivity contribution in [1.29, 1.82) is 0 Å².